The van der Waals surface area contributed by atoms with Crippen molar-refractivity contribution >= 4 is 51.3 Å². The van der Waals surface area contributed by atoms with E-state index in [1.165, 1.54) is 13.8 Å². The molecule has 1 aliphatic carbocycles. The Labute approximate surface area is 198 Å². The van der Waals surface area contributed by atoms with Crippen LogP contribution in [0.25, 0.3) is 5.69 Å². The highest BCUT2D eigenvalue weighted by Gasteiger charge is 2.65. The molecule has 0 aliphatic heterocycles. The van der Waals surface area contributed by atoms with Crippen molar-refractivity contribution in [2.45, 2.75) is 43.1 Å². The second-order valence-corrected chi connectivity index (χ2v) is 11.0. The predicted molar refractivity (Wildman–Crippen MR) is 113 cm³/mol. The molecule has 2 aromatic rings. The molecule has 0 saturated heterocycles. The summed E-state index contributed by atoms with van der Waals surface area (Å²) in [5, 5.41) is 23.4. The van der Waals surface area contributed by atoms with E-state index in [1.54, 1.807) is 6.07 Å². The van der Waals surface area contributed by atoms with Gasteiger partial charge in [0.1, 0.15) is 22.5 Å². The monoisotopic (exact) mass is 548 g/mol. The average Bonchev–Trinajstić information content (AvgIpc) is 3.37. The molecule has 186 valence electrons. The van der Waals surface area contributed by atoms with Crippen molar-refractivity contribution in [3.63, 3.8) is 0 Å². The van der Waals surface area contributed by atoms with E-state index in [4.69, 9.17) is 27.9 Å². The Hall–Kier alpha value is -2.76. The molecule has 1 fully saturated rings. The van der Waals surface area contributed by atoms with Crippen LogP contribution in [0.3, 0.4) is 0 Å². The number of carbonyl (C=O) groups excluding carboxylic acids is 1. The third kappa shape index (κ3) is 4.73. The van der Waals surface area contributed by atoms with E-state index in [-0.39, 0.29) is 30.5 Å². The molecule has 16 heteroatoms. The largest absolute Gasteiger partial charge is 0.481 e. The Morgan fingerprint density at radius 3 is 2.15 bits per heavy atom. The van der Waals surface area contributed by atoms with Gasteiger partial charge in [0.25, 0.3) is 0 Å². The van der Waals surface area contributed by atoms with E-state index >= 15 is 0 Å². The minimum Gasteiger partial charge on any atom is -0.481 e. The number of nitriles is 1. The van der Waals surface area contributed by atoms with E-state index in [0.717, 1.165) is 0 Å². The van der Waals surface area contributed by atoms with Crippen molar-refractivity contribution in [2.24, 2.45) is 0 Å². The molecular weight excluding hydrogens is 534 g/mol. The van der Waals surface area contributed by atoms with Gasteiger partial charge in [-0.25, -0.2) is 9.48 Å². The van der Waals surface area contributed by atoms with E-state index in [2.05, 4.69) is 10.4 Å². The summed E-state index contributed by atoms with van der Waals surface area (Å²) in [6, 6.07) is 1.52. The van der Waals surface area contributed by atoms with Crippen LogP contribution in [0.2, 0.25) is 10.0 Å². The molecule has 0 radical (unpaired) electrons. The van der Waals surface area contributed by atoms with Crippen LogP contribution >= 0.6 is 33.4 Å². The molecule has 1 amide bonds. The van der Waals surface area contributed by atoms with Gasteiger partial charge < -0.3 is 9.84 Å². The first-order chi connectivity index (χ1) is 15.3. The van der Waals surface area contributed by atoms with Crippen LogP contribution in [0, 0.1) is 11.3 Å². The SMILES string of the molecule is CC(C)OC(=O)Nc1c(C2(C(=O)O)CC2)c(C#N)nn1-c1c(Cl)cc(S(F)(F)(F)(F)F)cc1Cl. The van der Waals surface area contributed by atoms with Crippen LogP contribution in [0.15, 0.2) is 17.0 Å². The number of hydrogen-bond acceptors (Lipinski definition) is 5. The third-order valence-corrected chi connectivity index (χ3v) is 6.54. The smallest absolute Gasteiger partial charge is 0.413 e. The van der Waals surface area contributed by atoms with E-state index in [1.807, 2.05) is 0 Å². The molecule has 0 unspecified atom stereocenters. The molecule has 3 rings (SSSR count). The van der Waals surface area contributed by atoms with Crippen LogP contribution in [0.5, 0.6) is 0 Å². The van der Waals surface area contributed by atoms with Crippen molar-refractivity contribution in [3.05, 3.63) is 33.4 Å². The Morgan fingerprint density at radius 2 is 1.76 bits per heavy atom. The molecule has 1 aromatic carbocycles. The topological polar surface area (TPSA) is 117 Å². The van der Waals surface area contributed by atoms with Crippen LogP contribution in [0.4, 0.5) is 30.0 Å². The summed E-state index contributed by atoms with van der Waals surface area (Å²) in [6.45, 7) is 3.01. The number of anilines is 1. The Balaban J connectivity index is 2.32. The lowest BCUT2D eigenvalue weighted by Gasteiger charge is -2.40. The number of ether oxygens (including phenoxy) is 1. The summed E-state index contributed by atoms with van der Waals surface area (Å²) in [5.74, 6) is -1.82. The van der Waals surface area contributed by atoms with Gasteiger partial charge in [0.15, 0.2) is 5.69 Å². The second kappa shape index (κ2) is 7.37. The first kappa shape index (κ1) is 25.9. The van der Waals surface area contributed by atoms with Crippen LogP contribution in [0.1, 0.15) is 37.9 Å². The minimum atomic E-state index is -10.2. The molecule has 1 aliphatic rings. The highest BCUT2D eigenvalue weighted by molar-refractivity contribution is 8.45. The lowest BCUT2D eigenvalue weighted by atomic mass is 9.95. The number of hydrogen-bond donors (Lipinski definition) is 2. The molecule has 1 aromatic heterocycles. The van der Waals surface area contributed by atoms with Crippen molar-refractivity contribution in [2.75, 3.05) is 5.32 Å². The first-order valence-electron chi connectivity index (χ1n) is 9.29. The summed E-state index contributed by atoms with van der Waals surface area (Å²) in [6.07, 6.45) is -1.63. The molecule has 0 atom stereocenters. The number of aromatic nitrogens is 2. The molecule has 1 saturated carbocycles. The number of carboxylic acids is 1. The van der Waals surface area contributed by atoms with Crippen molar-refractivity contribution in [1.82, 2.24) is 9.78 Å². The summed E-state index contributed by atoms with van der Waals surface area (Å²) < 4.78 is 71.9. The van der Waals surface area contributed by atoms with Crippen molar-refractivity contribution in [3.8, 4) is 11.8 Å². The van der Waals surface area contributed by atoms with Gasteiger partial charge in [-0.3, -0.25) is 10.1 Å². The van der Waals surface area contributed by atoms with Crippen molar-refractivity contribution < 1.29 is 38.9 Å². The molecule has 2 N–H and O–H groups in total. The van der Waals surface area contributed by atoms with Gasteiger partial charge >= 0.3 is 22.3 Å². The lowest BCUT2D eigenvalue weighted by Crippen LogP contribution is -2.25. The molecule has 34 heavy (non-hydrogen) atoms. The van der Waals surface area contributed by atoms with Gasteiger partial charge in [-0.05, 0) is 38.8 Å². The number of rotatable bonds is 6. The van der Waals surface area contributed by atoms with Crippen molar-refractivity contribution in [1.29, 1.82) is 5.26 Å². The number of benzene rings is 1. The van der Waals surface area contributed by atoms with Crippen LogP contribution < -0.4 is 5.32 Å². The fourth-order valence-corrected chi connectivity index (χ4v) is 4.69. The van der Waals surface area contributed by atoms with Gasteiger partial charge in [-0.2, -0.15) is 10.4 Å². The zero-order valence-electron chi connectivity index (χ0n) is 17.2. The molecule has 8 nitrogen and oxygen atoms in total. The highest BCUT2D eigenvalue weighted by Crippen LogP contribution is 3.02. The number of carboxylic acid groups (broad SMARTS) is 1. The van der Waals surface area contributed by atoms with Gasteiger partial charge in [0, 0.05) is 0 Å². The summed E-state index contributed by atoms with van der Waals surface area (Å²) in [5.41, 5.74) is -2.99. The average molecular weight is 549 g/mol. The summed E-state index contributed by atoms with van der Waals surface area (Å²) in [4.78, 5) is 21.9. The Bertz CT molecular complexity index is 1250. The maximum absolute atomic E-state index is 13.3. The van der Waals surface area contributed by atoms with E-state index in [9.17, 15) is 39.4 Å². The standard InChI is InChI=1S/C18H15Cl2F5N4O4S/c1-8(2)33-17(32)27-15-13(18(3-4-18)16(30)31)12(7-26)28-29(15)14-10(19)5-9(6-11(14)20)34(21,22,23,24)25/h5-6,8H,3-4H2,1-2H3,(H,27,32)(H,30,31). The Morgan fingerprint density at radius 1 is 1.24 bits per heavy atom. The number of nitrogens with one attached hydrogen (secondary N) is 1. The van der Waals surface area contributed by atoms with E-state index in [0.29, 0.717) is 4.68 Å². The zero-order chi connectivity index (χ0) is 25.9. The molecule has 0 bridgehead atoms. The number of halogens is 7. The fraction of sp³-hybridized carbons (Fsp3) is 0.333. The minimum absolute atomic E-state index is 0.0568. The number of amides is 1. The quantitative estimate of drug-likeness (QED) is 0.384. The van der Waals surface area contributed by atoms with Gasteiger partial charge in [-0.15, -0.1) is 0 Å². The molecule has 1 heterocycles. The van der Waals surface area contributed by atoms with Gasteiger partial charge in [0.2, 0.25) is 0 Å². The van der Waals surface area contributed by atoms with Gasteiger partial charge in [0.05, 0.1) is 27.1 Å². The van der Waals surface area contributed by atoms with Gasteiger partial charge in [-0.1, -0.05) is 42.6 Å². The zero-order valence-corrected chi connectivity index (χ0v) is 19.5. The normalized spacial score (nSPS) is 16.9. The number of carbonyl (C=O) groups is 2. The van der Waals surface area contributed by atoms with Crippen LogP contribution in [-0.4, -0.2) is 33.1 Å². The maximum Gasteiger partial charge on any atom is 0.413 e. The number of nitrogens with zero attached hydrogens (tertiary/aromatic N) is 3. The predicted octanol–water partition coefficient (Wildman–Crippen LogP) is 6.78. The fourth-order valence-electron chi connectivity index (χ4n) is 3.23. The third-order valence-electron chi connectivity index (χ3n) is 4.84. The summed E-state index contributed by atoms with van der Waals surface area (Å²) >= 11 is 11.8. The number of aliphatic carboxylic acids is 1. The lowest BCUT2D eigenvalue weighted by molar-refractivity contribution is -0.140. The Kier molecular flexibility index (Phi) is 5.60. The molecular formula is C18H15Cl2F5N4O4S. The highest BCUT2D eigenvalue weighted by atomic mass is 35.5. The second-order valence-electron chi connectivity index (χ2n) is 7.77. The first-order valence-corrected chi connectivity index (χ1v) is 12.0. The molecule has 0 spiro atoms. The van der Waals surface area contributed by atoms with E-state index < -0.39 is 65.9 Å². The van der Waals surface area contributed by atoms with Crippen LogP contribution in [-0.2, 0) is 14.9 Å². The maximum atomic E-state index is 13.3. The summed E-state index contributed by atoms with van der Waals surface area (Å²) in [7, 11) is -10.2.